The first kappa shape index (κ1) is 18.8. The van der Waals surface area contributed by atoms with Gasteiger partial charge in [-0.25, -0.2) is 0 Å². The van der Waals surface area contributed by atoms with Crippen molar-refractivity contribution in [2.24, 2.45) is 0 Å². The summed E-state index contributed by atoms with van der Waals surface area (Å²) < 4.78 is 12.3. The molecule has 0 aliphatic rings. The lowest BCUT2D eigenvalue weighted by atomic mass is 10.2. The van der Waals surface area contributed by atoms with Crippen molar-refractivity contribution in [3.63, 3.8) is 0 Å². The zero-order chi connectivity index (χ0) is 20.2. The topological polar surface area (TPSA) is 82.2 Å². The minimum Gasteiger partial charge on any atom is -0.497 e. The number of methoxy groups -OCH3 is 1. The predicted octanol–water partition coefficient (Wildman–Crippen LogP) is 4.51. The fraction of sp³-hybridized carbons (Fsp3) is 0.0952. The van der Waals surface area contributed by atoms with Crippen molar-refractivity contribution in [2.75, 3.05) is 12.4 Å². The van der Waals surface area contributed by atoms with Gasteiger partial charge in [0.05, 0.1) is 7.11 Å². The summed E-state index contributed by atoms with van der Waals surface area (Å²) in [5, 5.41) is 7.46. The van der Waals surface area contributed by atoms with Crippen LogP contribution >= 0.6 is 11.6 Å². The van der Waals surface area contributed by atoms with Gasteiger partial charge in [-0.2, -0.15) is 4.98 Å². The Morgan fingerprint density at radius 2 is 2.00 bits per heavy atom. The molecule has 1 amide bonds. The van der Waals surface area contributed by atoms with Crippen LogP contribution in [0.15, 0.2) is 71.4 Å². The summed E-state index contributed by atoms with van der Waals surface area (Å²) in [5.41, 5.74) is 2.09. The van der Waals surface area contributed by atoms with Crippen LogP contribution in [0.1, 0.15) is 0 Å². The molecule has 0 bridgehead atoms. The third kappa shape index (κ3) is 4.30. The van der Waals surface area contributed by atoms with Crippen LogP contribution in [-0.4, -0.2) is 27.7 Å². The summed E-state index contributed by atoms with van der Waals surface area (Å²) in [5.74, 6) is 1.30. The second-order valence-corrected chi connectivity index (χ2v) is 6.67. The maximum absolute atomic E-state index is 12.4. The molecule has 29 heavy (non-hydrogen) atoms. The molecule has 0 saturated carbocycles. The Morgan fingerprint density at radius 1 is 1.17 bits per heavy atom. The zero-order valence-electron chi connectivity index (χ0n) is 15.5. The van der Waals surface area contributed by atoms with Crippen LogP contribution in [-0.2, 0) is 11.3 Å². The van der Waals surface area contributed by atoms with Gasteiger partial charge in [0.25, 0.3) is 5.89 Å². The number of aromatic nitrogens is 3. The number of halogens is 1. The van der Waals surface area contributed by atoms with Crippen LogP contribution < -0.4 is 10.1 Å². The molecular weight excluding hydrogens is 392 g/mol. The molecule has 1 N–H and O–H groups in total. The number of amides is 1. The summed E-state index contributed by atoms with van der Waals surface area (Å²) >= 11 is 6.03. The SMILES string of the molecule is COc1ccc(NC(=O)Cn2cccc2-c2nc(-c3cccc(Cl)c3)no2)cc1. The van der Waals surface area contributed by atoms with E-state index in [1.54, 1.807) is 54.3 Å². The Morgan fingerprint density at radius 3 is 2.76 bits per heavy atom. The number of benzene rings is 2. The van der Waals surface area contributed by atoms with Crippen LogP contribution in [0.4, 0.5) is 5.69 Å². The number of nitrogens with zero attached hydrogens (tertiary/aromatic N) is 3. The molecule has 0 atom stereocenters. The summed E-state index contributed by atoms with van der Waals surface area (Å²) in [6, 6.07) is 18.0. The van der Waals surface area contributed by atoms with Crippen LogP contribution in [0.25, 0.3) is 23.0 Å². The molecule has 7 nitrogen and oxygen atoms in total. The van der Waals surface area contributed by atoms with Crippen molar-refractivity contribution in [1.82, 2.24) is 14.7 Å². The molecule has 2 heterocycles. The number of anilines is 1. The normalized spacial score (nSPS) is 10.7. The van der Waals surface area contributed by atoms with Crippen molar-refractivity contribution in [1.29, 1.82) is 0 Å². The van der Waals surface area contributed by atoms with E-state index < -0.39 is 0 Å². The number of carbonyl (C=O) groups is 1. The molecule has 0 unspecified atom stereocenters. The number of nitrogens with one attached hydrogen (secondary N) is 1. The summed E-state index contributed by atoms with van der Waals surface area (Å²) in [6.45, 7) is 0.100. The van der Waals surface area contributed by atoms with E-state index >= 15 is 0 Å². The molecule has 0 radical (unpaired) electrons. The third-order valence-electron chi connectivity index (χ3n) is 4.25. The first-order chi connectivity index (χ1) is 14.1. The quantitative estimate of drug-likeness (QED) is 0.507. The Labute approximate surface area is 171 Å². The number of rotatable bonds is 6. The summed E-state index contributed by atoms with van der Waals surface area (Å²) in [7, 11) is 1.59. The van der Waals surface area contributed by atoms with Crippen molar-refractivity contribution < 1.29 is 14.1 Å². The smallest absolute Gasteiger partial charge is 0.274 e. The number of hydrogen-bond acceptors (Lipinski definition) is 5. The van der Waals surface area contributed by atoms with E-state index in [1.165, 1.54) is 0 Å². The standard InChI is InChI=1S/C21H17ClN4O3/c1-28-17-9-7-16(8-10-17)23-19(27)13-26-11-3-6-18(26)21-24-20(25-29-21)14-4-2-5-15(22)12-14/h2-12H,13H2,1H3,(H,23,27). The van der Waals surface area contributed by atoms with Crippen LogP contribution in [0.3, 0.4) is 0 Å². The van der Waals surface area contributed by atoms with Gasteiger partial charge in [-0.1, -0.05) is 28.9 Å². The fourth-order valence-electron chi connectivity index (χ4n) is 2.85. The predicted molar refractivity (Wildman–Crippen MR) is 110 cm³/mol. The van der Waals surface area contributed by atoms with Crippen LogP contribution in [0.5, 0.6) is 5.75 Å². The molecule has 0 aliphatic heterocycles. The van der Waals surface area contributed by atoms with E-state index in [2.05, 4.69) is 15.5 Å². The average molecular weight is 409 g/mol. The first-order valence-corrected chi connectivity index (χ1v) is 9.19. The van der Waals surface area contributed by atoms with Gasteiger partial charge in [-0.05, 0) is 48.5 Å². The second kappa shape index (κ2) is 8.20. The molecule has 146 valence electrons. The Bertz CT molecular complexity index is 1130. The number of ether oxygens (including phenoxy) is 1. The van der Waals surface area contributed by atoms with E-state index in [1.807, 2.05) is 24.3 Å². The monoisotopic (exact) mass is 408 g/mol. The van der Waals surface area contributed by atoms with E-state index in [-0.39, 0.29) is 12.5 Å². The van der Waals surface area contributed by atoms with E-state index in [0.29, 0.717) is 28.1 Å². The molecule has 8 heteroatoms. The summed E-state index contributed by atoms with van der Waals surface area (Å²) in [6.07, 6.45) is 1.78. The maximum Gasteiger partial charge on any atom is 0.274 e. The molecular formula is C21H17ClN4O3. The highest BCUT2D eigenvalue weighted by Gasteiger charge is 2.16. The molecule has 0 spiro atoms. The fourth-order valence-corrected chi connectivity index (χ4v) is 3.04. The van der Waals surface area contributed by atoms with E-state index in [9.17, 15) is 4.79 Å². The number of hydrogen-bond donors (Lipinski definition) is 1. The van der Waals surface area contributed by atoms with Crippen molar-refractivity contribution in [2.45, 2.75) is 6.54 Å². The van der Waals surface area contributed by atoms with Gasteiger partial charge in [0.15, 0.2) is 0 Å². The highest BCUT2D eigenvalue weighted by Crippen LogP contribution is 2.24. The minimum atomic E-state index is -0.179. The maximum atomic E-state index is 12.4. The molecule has 0 fully saturated rings. The van der Waals surface area contributed by atoms with Crippen molar-refractivity contribution in [3.8, 4) is 28.7 Å². The highest BCUT2D eigenvalue weighted by molar-refractivity contribution is 6.30. The second-order valence-electron chi connectivity index (χ2n) is 6.23. The summed E-state index contributed by atoms with van der Waals surface area (Å²) in [4.78, 5) is 16.9. The Kier molecular flexibility index (Phi) is 5.31. The van der Waals surface area contributed by atoms with Gasteiger partial charge >= 0.3 is 0 Å². The molecule has 0 saturated heterocycles. The van der Waals surface area contributed by atoms with Gasteiger partial charge in [0.2, 0.25) is 11.7 Å². The minimum absolute atomic E-state index is 0.100. The third-order valence-corrected chi connectivity index (χ3v) is 4.48. The van der Waals surface area contributed by atoms with Gasteiger partial charge in [0, 0.05) is 22.5 Å². The first-order valence-electron chi connectivity index (χ1n) is 8.81. The average Bonchev–Trinajstić information content (AvgIpc) is 3.38. The molecule has 4 aromatic rings. The van der Waals surface area contributed by atoms with Crippen LogP contribution in [0.2, 0.25) is 5.02 Å². The zero-order valence-corrected chi connectivity index (χ0v) is 16.3. The Balaban J connectivity index is 1.49. The largest absolute Gasteiger partial charge is 0.497 e. The van der Waals surface area contributed by atoms with Crippen LogP contribution in [0, 0.1) is 0 Å². The van der Waals surface area contributed by atoms with Crippen molar-refractivity contribution >= 4 is 23.2 Å². The lowest BCUT2D eigenvalue weighted by Crippen LogP contribution is -2.18. The van der Waals surface area contributed by atoms with Crippen molar-refractivity contribution in [3.05, 3.63) is 71.9 Å². The lowest BCUT2D eigenvalue weighted by Gasteiger charge is -2.08. The molecule has 2 aromatic heterocycles. The van der Waals surface area contributed by atoms with Gasteiger partial charge < -0.3 is 19.1 Å². The highest BCUT2D eigenvalue weighted by atomic mass is 35.5. The van der Waals surface area contributed by atoms with Gasteiger partial charge in [-0.3, -0.25) is 4.79 Å². The molecule has 2 aromatic carbocycles. The van der Waals surface area contributed by atoms with Gasteiger partial charge in [-0.15, -0.1) is 0 Å². The molecule has 0 aliphatic carbocycles. The lowest BCUT2D eigenvalue weighted by molar-refractivity contribution is -0.116. The van der Waals surface area contributed by atoms with Gasteiger partial charge in [0.1, 0.15) is 18.0 Å². The number of carbonyl (C=O) groups excluding carboxylic acids is 1. The van der Waals surface area contributed by atoms with E-state index in [4.69, 9.17) is 20.9 Å². The molecule has 4 rings (SSSR count). The van der Waals surface area contributed by atoms with E-state index in [0.717, 1.165) is 11.3 Å². The Hall–Kier alpha value is -3.58.